The van der Waals surface area contributed by atoms with Gasteiger partial charge in [-0.2, -0.15) is 0 Å². The van der Waals surface area contributed by atoms with Crippen LogP contribution in [0.25, 0.3) is 21.6 Å². The van der Waals surface area contributed by atoms with Crippen molar-refractivity contribution in [1.82, 2.24) is 0 Å². The van der Waals surface area contributed by atoms with Crippen molar-refractivity contribution in [3.63, 3.8) is 0 Å². The molecule has 1 heterocycles. The molecule has 0 aliphatic carbocycles. The molecule has 100 valence electrons. The fourth-order valence-electron chi connectivity index (χ4n) is 2.35. The van der Waals surface area contributed by atoms with Crippen molar-refractivity contribution in [2.45, 2.75) is 6.92 Å². The Hall–Kier alpha value is -2.06. The first kappa shape index (κ1) is 12.9. The lowest BCUT2D eigenvalue weighted by Crippen LogP contribution is -1.86. The standard InChI is InChI=1S/C18H16OS/c1-13-7-6-10-15(11-13)18-17(19-2)16(12-20-18)14-8-4-3-5-9-14/h3-12H,1-2H3. The molecule has 0 fully saturated rings. The van der Waals surface area contributed by atoms with E-state index in [4.69, 9.17) is 4.74 Å². The Bertz CT molecular complexity index is 713. The fourth-order valence-corrected chi connectivity index (χ4v) is 3.39. The minimum atomic E-state index is 0.965. The van der Waals surface area contributed by atoms with Crippen LogP contribution >= 0.6 is 11.3 Å². The second kappa shape index (κ2) is 5.51. The molecule has 0 aliphatic heterocycles. The predicted molar refractivity (Wildman–Crippen MR) is 86.5 cm³/mol. The lowest BCUT2D eigenvalue weighted by molar-refractivity contribution is 0.419. The van der Waals surface area contributed by atoms with Crippen LogP contribution in [0.2, 0.25) is 0 Å². The Kier molecular flexibility index (Phi) is 3.57. The van der Waals surface area contributed by atoms with Gasteiger partial charge in [-0.1, -0.05) is 60.2 Å². The van der Waals surface area contributed by atoms with Crippen LogP contribution in [0.5, 0.6) is 5.75 Å². The van der Waals surface area contributed by atoms with Crippen LogP contribution in [0.1, 0.15) is 5.56 Å². The Morgan fingerprint density at radius 2 is 1.65 bits per heavy atom. The normalized spacial score (nSPS) is 10.5. The maximum absolute atomic E-state index is 5.68. The number of hydrogen-bond acceptors (Lipinski definition) is 2. The zero-order valence-corrected chi connectivity index (χ0v) is 12.4. The molecule has 2 aromatic carbocycles. The van der Waals surface area contributed by atoms with Gasteiger partial charge < -0.3 is 4.74 Å². The van der Waals surface area contributed by atoms with E-state index in [0.29, 0.717) is 0 Å². The third-order valence-corrected chi connectivity index (χ3v) is 4.33. The van der Waals surface area contributed by atoms with Crippen molar-refractivity contribution in [3.8, 4) is 27.3 Å². The number of benzene rings is 2. The summed E-state index contributed by atoms with van der Waals surface area (Å²) in [5.41, 5.74) is 4.84. The molecule has 1 nitrogen and oxygen atoms in total. The summed E-state index contributed by atoms with van der Waals surface area (Å²) in [7, 11) is 1.74. The molecule has 0 amide bonds. The molecule has 20 heavy (non-hydrogen) atoms. The molecule has 0 radical (unpaired) electrons. The number of hydrogen-bond donors (Lipinski definition) is 0. The summed E-state index contributed by atoms with van der Waals surface area (Å²) in [6.07, 6.45) is 0. The van der Waals surface area contributed by atoms with Crippen LogP contribution < -0.4 is 4.74 Å². The van der Waals surface area contributed by atoms with Crippen LogP contribution in [-0.4, -0.2) is 7.11 Å². The van der Waals surface area contributed by atoms with Gasteiger partial charge in [-0.15, -0.1) is 11.3 Å². The average Bonchev–Trinajstić information content (AvgIpc) is 2.92. The minimum absolute atomic E-state index is 0.965. The molecule has 0 spiro atoms. The van der Waals surface area contributed by atoms with Crippen molar-refractivity contribution >= 4 is 11.3 Å². The summed E-state index contributed by atoms with van der Waals surface area (Å²) in [4.78, 5) is 1.19. The van der Waals surface area contributed by atoms with E-state index in [0.717, 1.165) is 11.3 Å². The van der Waals surface area contributed by atoms with E-state index in [-0.39, 0.29) is 0 Å². The van der Waals surface area contributed by atoms with Crippen LogP contribution in [-0.2, 0) is 0 Å². The SMILES string of the molecule is COc1c(-c2ccccc2)csc1-c1cccc(C)c1. The lowest BCUT2D eigenvalue weighted by Gasteiger charge is -2.07. The van der Waals surface area contributed by atoms with E-state index < -0.39 is 0 Å². The van der Waals surface area contributed by atoms with E-state index >= 15 is 0 Å². The van der Waals surface area contributed by atoms with E-state index in [9.17, 15) is 0 Å². The molecular weight excluding hydrogens is 264 g/mol. The van der Waals surface area contributed by atoms with E-state index in [1.54, 1.807) is 18.4 Å². The van der Waals surface area contributed by atoms with Gasteiger partial charge in [0.05, 0.1) is 12.0 Å². The summed E-state index contributed by atoms with van der Waals surface area (Å²) >= 11 is 1.73. The predicted octanol–water partition coefficient (Wildman–Crippen LogP) is 5.40. The molecule has 0 saturated carbocycles. The van der Waals surface area contributed by atoms with Crippen molar-refractivity contribution in [1.29, 1.82) is 0 Å². The zero-order chi connectivity index (χ0) is 13.9. The highest BCUT2D eigenvalue weighted by Gasteiger charge is 2.15. The van der Waals surface area contributed by atoms with Gasteiger partial charge in [0.2, 0.25) is 0 Å². The molecule has 0 aliphatic rings. The molecule has 3 aromatic rings. The molecule has 0 unspecified atom stereocenters. The number of aryl methyl sites for hydroxylation is 1. The first-order valence-corrected chi connectivity index (χ1v) is 7.45. The molecule has 0 atom stereocenters. The topological polar surface area (TPSA) is 9.23 Å². The molecule has 3 rings (SSSR count). The second-order valence-corrected chi connectivity index (χ2v) is 5.63. The van der Waals surface area contributed by atoms with Gasteiger partial charge in [0.1, 0.15) is 5.75 Å². The molecule has 2 heteroatoms. The third kappa shape index (κ3) is 2.35. The van der Waals surface area contributed by atoms with Gasteiger partial charge in [0.15, 0.2) is 0 Å². The van der Waals surface area contributed by atoms with Crippen molar-refractivity contribution in [2.24, 2.45) is 0 Å². The summed E-state index contributed by atoms with van der Waals surface area (Å²) in [6.45, 7) is 2.11. The third-order valence-electron chi connectivity index (χ3n) is 3.31. The number of thiophene rings is 1. The molecule has 0 bridgehead atoms. The Morgan fingerprint density at radius 3 is 2.35 bits per heavy atom. The smallest absolute Gasteiger partial charge is 0.145 e. The number of ether oxygens (including phenoxy) is 1. The largest absolute Gasteiger partial charge is 0.495 e. The molecular formula is C18H16OS. The van der Waals surface area contributed by atoms with Gasteiger partial charge in [-0.25, -0.2) is 0 Å². The van der Waals surface area contributed by atoms with E-state index in [2.05, 4.69) is 60.8 Å². The van der Waals surface area contributed by atoms with Gasteiger partial charge in [0.25, 0.3) is 0 Å². The Labute approximate surface area is 123 Å². The van der Waals surface area contributed by atoms with Gasteiger partial charge in [-0.05, 0) is 18.1 Å². The molecule has 0 N–H and O–H groups in total. The van der Waals surface area contributed by atoms with Crippen LogP contribution in [0.3, 0.4) is 0 Å². The summed E-state index contributed by atoms with van der Waals surface area (Å²) in [5.74, 6) is 0.965. The van der Waals surface area contributed by atoms with Crippen LogP contribution in [0.15, 0.2) is 60.0 Å². The number of rotatable bonds is 3. The highest BCUT2D eigenvalue weighted by molar-refractivity contribution is 7.14. The first-order valence-electron chi connectivity index (χ1n) is 6.57. The van der Waals surface area contributed by atoms with E-state index in [1.165, 1.54) is 21.6 Å². The van der Waals surface area contributed by atoms with E-state index in [1.807, 2.05) is 6.07 Å². The Balaban J connectivity index is 2.13. The van der Waals surface area contributed by atoms with Gasteiger partial charge in [0, 0.05) is 10.9 Å². The average molecular weight is 280 g/mol. The molecule has 1 aromatic heterocycles. The van der Waals surface area contributed by atoms with Crippen molar-refractivity contribution < 1.29 is 4.74 Å². The minimum Gasteiger partial charge on any atom is -0.495 e. The Morgan fingerprint density at radius 1 is 0.900 bits per heavy atom. The summed E-state index contributed by atoms with van der Waals surface area (Å²) in [5, 5.41) is 2.17. The summed E-state index contributed by atoms with van der Waals surface area (Å²) in [6, 6.07) is 18.9. The van der Waals surface area contributed by atoms with Crippen molar-refractivity contribution in [2.75, 3.05) is 7.11 Å². The van der Waals surface area contributed by atoms with Crippen molar-refractivity contribution in [3.05, 3.63) is 65.5 Å². The lowest BCUT2D eigenvalue weighted by atomic mass is 10.1. The fraction of sp³-hybridized carbons (Fsp3) is 0.111. The second-order valence-electron chi connectivity index (χ2n) is 4.75. The monoisotopic (exact) mass is 280 g/mol. The summed E-state index contributed by atoms with van der Waals surface area (Å²) < 4.78 is 5.68. The quantitative estimate of drug-likeness (QED) is 0.624. The number of methoxy groups -OCH3 is 1. The van der Waals surface area contributed by atoms with Crippen LogP contribution in [0.4, 0.5) is 0 Å². The highest BCUT2D eigenvalue weighted by atomic mass is 32.1. The zero-order valence-electron chi connectivity index (χ0n) is 11.6. The van der Waals surface area contributed by atoms with Gasteiger partial charge >= 0.3 is 0 Å². The van der Waals surface area contributed by atoms with Gasteiger partial charge in [-0.3, -0.25) is 0 Å². The molecule has 0 saturated heterocycles. The maximum Gasteiger partial charge on any atom is 0.145 e. The maximum atomic E-state index is 5.68. The highest BCUT2D eigenvalue weighted by Crippen LogP contribution is 2.44. The van der Waals surface area contributed by atoms with Crippen LogP contribution in [0, 0.1) is 6.92 Å². The first-order chi connectivity index (χ1) is 9.79.